The number of sulfone groups is 1. The zero-order valence-electron chi connectivity index (χ0n) is 11.0. The lowest BCUT2D eigenvalue weighted by Gasteiger charge is -2.25. The number of nitrogens with zero attached hydrogens (tertiary/aromatic N) is 2. The van der Waals surface area contributed by atoms with Crippen molar-refractivity contribution in [3.05, 3.63) is 17.5 Å². The Bertz CT molecular complexity index is 536. The molecule has 2 N–H and O–H groups in total. The summed E-state index contributed by atoms with van der Waals surface area (Å²) in [5, 5.41) is 4.40. The Kier molecular flexibility index (Phi) is 3.51. The van der Waals surface area contributed by atoms with E-state index in [-0.39, 0.29) is 16.9 Å². The minimum atomic E-state index is -2.91. The minimum Gasteiger partial charge on any atom is -0.330 e. The van der Waals surface area contributed by atoms with Gasteiger partial charge in [-0.05, 0) is 39.3 Å². The third kappa shape index (κ3) is 2.59. The molecule has 0 bridgehead atoms. The Balaban J connectivity index is 2.26. The summed E-state index contributed by atoms with van der Waals surface area (Å²) in [6, 6.07) is 2.03. The van der Waals surface area contributed by atoms with E-state index in [1.54, 1.807) is 0 Å². The third-order valence-electron chi connectivity index (χ3n) is 3.74. The molecule has 1 unspecified atom stereocenters. The molecule has 1 aliphatic heterocycles. The summed E-state index contributed by atoms with van der Waals surface area (Å²) in [7, 11) is -2.91. The Morgan fingerprint density at radius 2 is 2.28 bits per heavy atom. The third-order valence-corrected chi connectivity index (χ3v) is 5.62. The molecule has 2 rings (SSSR count). The predicted molar refractivity (Wildman–Crippen MR) is 71.1 cm³/mol. The maximum atomic E-state index is 11.7. The fraction of sp³-hybridized carbons (Fsp3) is 0.750. The van der Waals surface area contributed by atoms with E-state index in [1.807, 2.05) is 24.6 Å². The molecule has 1 aliphatic rings. The number of hydrogen-bond donors (Lipinski definition) is 1. The maximum Gasteiger partial charge on any atom is 0.150 e. The molecule has 1 saturated heterocycles. The van der Waals surface area contributed by atoms with Crippen molar-refractivity contribution < 1.29 is 8.42 Å². The van der Waals surface area contributed by atoms with Crippen molar-refractivity contribution in [3.8, 4) is 0 Å². The van der Waals surface area contributed by atoms with E-state index >= 15 is 0 Å². The number of aromatic nitrogens is 2. The van der Waals surface area contributed by atoms with E-state index in [0.717, 1.165) is 17.9 Å². The van der Waals surface area contributed by atoms with E-state index in [4.69, 9.17) is 5.73 Å². The molecule has 2 heterocycles. The molecule has 5 nitrogen and oxygen atoms in total. The molecule has 1 aromatic rings. The van der Waals surface area contributed by atoms with Gasteiger partial charge in [0.05, 0.1) is 17.2 Å². The first-order chi connectivity index (χ1) is 8.40. The van der Waals surface area contributed by atoms with Gasteiger partial charge in [0.25, 0.3) is 0 Å². The van der Waals surface area contributed by atoms with Crippen LogP contribution in [0.25, 0.3) is 0 Å². The molecule has 0 radical (unpaired) electrons. The second-order valence-electron chi connectivity index (χ2n) is 5.32. The largest absolute Gasteiger partial charge is 0.330 e. The number of hydrogen-bond acceptors (Lipinski definition) is 4. The first kappa shape index (κ1) is 13.5. The van der Waals surface area contributed by atoms with Crippen molar-refractivity contribution in [2.24, 2.45) is 11.1 Å². The molecule has 1 fully saturated rings. The highest BCUT2D eigenvalue weighted by Gasteiger charge is 2.41. The van der Waals surface area contributed by atoms with Gasteiger partial charge in [0.2, 0.25) is 0 Å². The number of rotatable bonds is 4. The van der Waals surface area contributed by atoms with Crippen LogP contribution in [0.5, 0.6) is 0 Å². The Morgan fingerprint density at radius 3 is 2.78 bits per heavy atom. The van der Waals surface area contributed by atoms with Crippen LogP contribution in [0.2, 0.25) is 0 Å². The first-order valence-corrected chi connectivity index (χ1v) is 8.16. The Morgan fingerprint density at radius 1 is 1.56 bits per heavy atom. The SMILES string of the molecule is CCn1nc(C)cc1CC1(CN)CCS(=O)(=O)C1. The van der Waals surface area contributed by atoms with Gasteiger partial charge < -0.3 is 5.73 Å². The topological polar surface area (TPSA) is 78.0 Å². The molecule has 18 heavy (non-hydrogen) atoms. The van der Waals surface area contributed by atoms with Gasteiger partial charge >= 0.3 is 0 Å². The Hall–Kier alpha value is -0.880. The second-order valence-corrected chi connectivity index (χ2v) is 7.50. The van der Waals surface area contributed by atoms with Crippen LogP contribution in [0.4, 0.5) is 0 Å². The predicted octanol–water partition coefficient (Wildman–Crippen LogP) is 0.518. The van der Waals surface area contributed by atoms with Crippen molar-refractivity contribution >= 4 is 9.84 Å². The average Bonchev–Trinajstić information content (AvgIpc) is 2.80. The molecule has 0 spiro atoms. The fourth-order valence-electron chi connectivity index (χ4n) is 2.75. The normalized spacial score (nSPS) is 26.6. The van der Waals surface area contributed by atoms with Crippen LogP contribution in [-0.2, 0) is 22.8 Å². The van der Waals surface area contributed by atoms with Crippen LogP contribution in [0, 0.1) is 12.3 Å². The summed E-state index contributed by atoms with van der Waals surface area (Å²) in [5.74, 6) is 0.480. The lowest BCUT2D eigenvalue weighted by Crippen LogP contribution is -2.34. The molecule has 6 heteroatoms. The monoisotopic (exact) mass is 271 g/mol. The van der Waals surface area contributed by atoms with Gasteiger partial charge in [-0.2, -0.15) is 5.10 Å². The highest BCUT2D eigenvalue weighted by atomic mass is 32.2. The van der Waals surface area contributed by atoms with Crippen LogP contribution < -0.4 is 5.73 Å². The smallest absolute Gasteiger partial charge is 0.150 e. The van der Waals surface area contributed by atoms with E-state index in [9.17, 15) is 8.42 Å². The standard InChI is InChI=1S/C12H21N3O2S/c1-3-15-11(6-10(2)14-15)7-12(8-13)4-5-18(16,17)9-12/h6H,3-5,7-9,13H2,1-2H3. The van der Waals surface area contributed by atoms with Crippen LogP contribution in [0.1, 0.15) is 24.7 Å². The van der Waals surface area contributed by atoms with Crippen molar-refractivity contribution in [2.75, 3.05) is 18.1 Å². The molecule has 0 aromatic carbocycles. The van der Waals surface area contributed by atoms with Gasteiger partial charge in [0.1, 0.15) is 0 Å². The van der Waals surface area contributed by atoms with Gasteiger partial charge in [0.15, 0.2) is 9.84 Å². The zero-order chi connectivity index (χ0) is 13.4. The molecule has 1 atom stereocenters. The van der Waals surface area contributed by atoms with Gasteiger partial charge in [0, 0.05) is 17.7 Å². The summed E-state index contributed by atoms with van der Waals surface area (Å²) >= 11 is 0. The second kappa shape index (κ2) is 4.66. The van der Waals surface area contributed by atoms with E-state index in [1.165, 1.54) is 0 Å². The highest BCUT2D eigenvalue weighted by molar-refractivity contribution is 7.91. The first-order valence-electron chi connectivity index (χ1n) is 6.33. The summed E-state index contributed by atoms with van der Waals surface area (Å²) < 4.78 is 25.3. The van der Waals surface area contributed by atoms with Gasteiger partial charge in [-0.15, -0.1) is 0 Å². The lowest BCUT2D eigenvalue weighted by molar-refractivity contribution is 0.333. The lowest BCUT2D eigenvalue weighted by atomic mass is 9.83. The molecule has 0 aliphatic carbocycles. The van der Waals surface area contributed by atoms with Crippen molar-refractivity contribution in [1.29, 1.82) is 0 Å². The van der Waals surface area contributed by atoms with Gasteiger partial charge in [-0.3, -0.25) is 4.68 Å². The summed E-state index contributed by atoms with van der Waals surface area (Å²) in [5.41, 5.74) is 7.62. The van der Waals surface area contributed by atoms with Gasteiger partial charge in [-0.1, -0.05) is 0 Å². The van der Waals surface area contributed by atoms with E-state index in [2.05, 4.69) is 5.10 Å². The summed E-state index contributed by atoms with van der Waals surface area (Å²) in [6.07, 6.45) is 1.37. The maximum absolute atomic E-state index is 11.7. The average molecular weight is 271 g/mol. The quantitative estimate of drug-likeness (QED) is 0.866. The van der Waals surface area contributed by atoms with Crippen molar-refractivity contribution in [1.82, 2.24) is 9.78 Å². The highest BCUT2D eigenvalue weighted by Crippen LogP contribution is 2.34. The minimum absolute atomic E-state index is 0.213. The van der Waals surface area contributed by atoms with Crippen LogP contribution in [0.3, 0.4) is 0 Å². The summed E-state index contributed by atoms with van der Waals surface area (Å²) in [4.78, 5) is 0. The van der Waals surface area contributed by atoms with Crippen molar-refractivity contribution in [2.45, 2.75) is 33.2 Å². The zero-order valence-corrected chi connectivity index (χ0v) is 11.8. The molecular weight excluding hydrogens is 250 g/mol. The van der Waals surface area contributed by atoms with E-state index in [0.29, 0.717) is 19.4 Å². The fourth-order valence-corrected chi connectivity index (χ4v) is 4.94. The number of nitrogens with two attached hydrogens (primary N) is 1. The van der Waals surface area contributed by atoms with Gasteiger partial charge in [-0.25, -0.2) is 8.42 Å². The van der Waals surface area contributed by atoms with Crippen LogP contribution >= 0.6 is 0 Å². The van der Waals surface area contributed by atoms with Crippen LogP contribution in [0.15, 0.2) is 6.07 Å². The number of aryl methyl sites for hydroxylation is 2. The molecule has 102 valence electrons. The van der Waals surface area contributed by atoms with Crippen molar-refractivity contribution in [3.63, 3.8) is 0 Å². The molecule has 1 aromatic heterocycles. The summed E-state index contributed by atoms with van der Waals surface area (Å²) in [6.45, 7) is 5.21. The van der Waals surface area contributed by atoms with E-state index < -0.39 is 9.84 Å². The van der Waals surface area contributed by atoms with Crippen LogP contribution in [-0.4, -0.2) is 36.2 Å². The Labute approximate surface area is 108 Å². The molecular formula is C12H21N3O2S. The molecule has 0 amide bonds. The molecule has 0 saturated carbocycles.